The Bertz CT molecular complexity index is 1210. The van der Waals surface area contributed by atoms with Crippen molar-refractivity contribution in [3.05, 3.63) is 52.8 Å². The minimum atomic E-state index is -4.43. The summed E-state index contributed by atoms with van der Waals surface area (Å²) >= 11 is 0. The monoisotopic (exact) mass is 531 g/mol. The van der Waals surface area contributed by atoms with Crippen LogP contribution in [0.25, 0.3) is 0 Å². The van der Waals surface area contributed by atoms with Gasteiger partial charge in [-0.25, -0.2) is 4.79 Å². The van der Waals surface area contributed by atoms with Gasteiger partial charge in [-0.05, 0) is 43.7 Å². The molecule has 204 valence electrons. The molecular weight excluding hydrogens is 499 g/mol. The van der Waals surface area contributed by atoms with Crippen LogP contribution in [0.1, 0.15) is 77.2 Å². The number of carbonyl (C=O) groups excluding carboxylic acids is 2. The van der Waals surface area contributed by atoms with Gasteiger partial charge in [0.25, 0.3) is 5.91 Å². The first-order chi connectivity index (χ1) is 18.2. The zero-order chi connectivity index (χ0) is 26.6. The molecular formula is C27H32F3N5O3. The Morgan fingerprint density at radius 2 is 1.55 bits per heavy atom. The summed E-state index contributed by atoms with van der Waals surface area (Å²) in [7, 11) is 0. The summed E-state index contributed by atoms with van der Waals surface area (Å²) in [5, 5.41) is 14.1. The molecule has 1 atom stereocenters. The fourth-order valence-electron chi connectivity index (χ4n) is 6.18. The molecule has 1 saturated carbocycles. The van der Waals surface area contributed by atoms with E-state index in [0.717, 1.165) is 37.4 Å². The van der Waals surface area contributed by atoms with E-state index in [2.05, 4.69) is 5.10 Å². The first-order valence-electron chi connectivity index (χ1n) is 13.5. The van der Waals surface area contributed by atoms with Crippen molar-refractivity contribution < 1.29 is 27.9 Å². The van der Waals surface area contributed by atoms with Gasteiger partial charge in [-0.2, -0.15) is 18.3 Å². The number of likely N-dealkylation sites (tertiary alicyclic amines) is 3. The average molecular weight is 532 g/mol. The number of aliphatic hydroxyl groups excluding tert-OH is 1. The number of hydrogen-bond donors (Lipinski definition) is 1. The zero-order valence-corrected chi connectivity index (χ0v) is 21.1. The predicted octanol–water partition coefficient (Wildman–Crippen LogP) is 3.84. The van der Waals surface area contributed by atoms with E-state index in [1.807, 2.05) is 9.58 Å². The lowest BCUT2D eigenvalue weighted by atomic mass is 9.93. The molecule has 4 heterocycles. The van der Waals surface area contributed by atoms with Crippen molar-refractivity contribution in [1.82, 2.24) is 24.5 Å². The molecule has 0 radical (unpaired) electrons. The number of amides is 3. The number of β-amino-alcohol motifs (C(OH)–C–C–N with tert-alkyl or cyclic N) is 1. The van der Waals surface area contributed by atoms with Crippen LogP contribution >= 0.6 is 0 Å². The summed E-state index contributed by atoms with van der Waals surface area (Å²) in [6.07, 6.45) is 0.713. The molecule has 11 heteroatoms. The quantitative estimate of drug-likeness (QED) is 0.650. The van der Waals surface area contributed by atoms with Crippen LogP contribution < -0.4 is 0 Å². The number of urea groups is 1. The molecule has 1 aliphatic carbocycles. The first-order valence-corrected chi connectivity index (χ1v) is 13.5. The summed E-state index contributed by atoms with van der Waals surface area (Å²) < 4.78 is 42.7. The van der Waals surface area contributed by atoms with Crippen molar-refractivity contribution in [3.8, 4) is 0 Å². The van der Waals surface area contributed by atoms with Gasteiger partial charge in [0.1, 0.15) is 0 Å². The predicted molar refractivity (Wildman–Crippen MR) is 132 cm³/mol. The summed E-state index contributed by atoms with van der Waals surface area (Å²) in [5.74, 6) is -0.247. The third kappa shape index (κ3) is 4.65. The molecule has 8 nitrogen and oxygen atoms in total. The average Bonchev–Trinajstić information content (AvgIpc) is 3.43. The van der Waals surface area contributed by atoms with Crippen LogP contribution in [0.4, 0.5) is 18.0 Å². The van der Waals surface area contributed by atoms with Gasteiger partial charge in [-0.1, -0.05) is 18.2 Å². The Morgan fingerprint density at radius 1 is 0.868 bits per heavy atom. The molecule has 4 aliphatic rings. The Balaban J connectivity index is 1.15. The van der Waals surface area contributed by atoms with Crippen molar-refractivity contribution in [3.63, 3.8) is 0 Å². The van der Waals surface area contributed by atoms with Crippen LogP contribution in [-0.4, -0.2) is 86.9 Å². The van der Waals surface area contributed by atoms with E-state index in [9.17, 15) is 27.9 Å². The number of alkyl halides is 3. The summed E-state index contributed by atoms with van der Waals surface area (Å²) in [6, 6.07) is 5.70. The molecule has 1 aromatic heterocycles. The second-order valence-electron chi connectivity index (χ2n) is 11.0. The number of halogens is 3. The smallest absolute Gasteiger partial charge is 0.389 e. The minimum absolute atomic E-state index is 0.0387. The largest absolute Gasteiger partial charge is 0.416 e. The van der Waals surface area contributed by atoms with E-state index in [-0.39, 0.29) is 41.9 Å². The maximum atomic E-state index is 13.6. The minimum Gasteiger partial charge on any atom is -0.389 e. The fraction of sp³-hybridized carbons (Fsp3) is 0.593. The molecule has 3 aliphatic heterocycles. The van der Waals surface area contributed by atoms with Crippen LogP contribution in [0.2, 0.25) is 0 Å². The highest BCUT2D eigenvalue weighted by atomic mass is 19.4. The highest BCUT2D eigenvalue weighted by Gasteiger charge is 2.41. The van der Waals surface area contributed by atoms with Gasteiger partial charge in [0.2, 0.25) is 0 Å². The van der Waals surface area contributed by atoms with E-state index in [1.54, 1.807) is 22.1 Å². The highest BCUT2D eigenvalue weighted by molar-refractivity contribution is 5.95. The molecule has 2 aromatic rings. The lowest BCUT2D eigenvalue weighted by Gasteiger charge is -2.41. The van der Waals surface area contributed by atoms with Crippen LogP contribution in [-0.2, 0) is 6.18 Å². The number of aromatic nitrogens is 2. The Morgan fingerprint density at radius 3 is 2.21 bits per heavy atom. The van der Waals surface area contributed by atoms with Crippen molar-refractivity contribution in [2.75, 3.05) is 39.3 Å². The molecule has 4 fully saturated rings. The van der Waals surface area contributed by atoms with Crippen molar-refractivity contribution in [2.45, 2.75) is 62.3 Å². The zero-order valence-electron chi connectivity index (χ0n) is 21.1. The van der Waals surface area contributed by atoms with Gasteiger partial charge in [0, 0.05) is 38.0 Å². The normalized spacial score (nSPS) is 23.2. The van der Waals surface area contributed by atoms with Gasteiger partial charge >= 0.3 is 12.2 Å². The molecule has 3 amide bonds. The van der Waals surface area contributed by atoms with Gasteiger partial charge in [-0.15, -0.1) is 0 Å². The number of nitrogens with zero attached hydrogens (tertiary/aromatic N) is 5. The Labute approximate surface area is 219 Å². The van der Waals surface area contributed by atoms with Crippen LogP contribution in [0.3, 0.4) is 0 Å². The van der Waals surface area contributed by atoms with Crippen molar-refractivity contribution >= 4 is 11.9 Å². The molecule has 0 bridgehead atoms. The molecule has 1 aromatic carbocycles. The van der Waals surface area contributed by atoms with E-state index < -0.39 is 17.8 Å². The van der Waals surface area contributed by atoms with Crippen LogP contribution in [0.15, 0.2) is 30.5 Å². The first kappa shape index (κ1) is 25.2. The van der Waals surface area contributed by atoms with Gasteiger partial charge in [0.15, 0.2) is 0 Å². The topological polar surface area (TPSA) is 81.9 Å². The molecule has 6 rings (SSSR count). The molecule has 3 saturated heterocycles. The number of hydrogen-bond acceptors (Lipinski definition) is 4. The second kappa shape index (κ2) is 9.59. The van der Waals surface area contributed by atoms with Crippen molar-refractivity contribution in [2.24, 2.45) is 0 Å². The maximum Gasteiger partial charge on any atom is 0.416 e. The number of carbonyl (C=O) groups is 2. The summed E-state index contributed by atoms with van der Waals surface area (Å²) in [6.45, 7) is 2.62. The van der Waals surface area contributed by atoms with E-state index >= 15 is 0 Å². The van der Waals surface area contributed by atoms with E-state index in [0.29, 0.717) is 44.7 Å². The molecule has 0 spiro atoms. The standard InChI is InChI=1S/C27H32F3N5O3/c28-27(29,30)23-4-2-1-3-21(23)18-7-10-33(14-18)25(37)22-13-31-35(24(22)17-5-6-17)19-8-11-32(12-9-19)26(38)34-15-20(36)16-34/h1-4,13,17-20,36H,5-12,14-16H2/t18-/m1/s1. The number of aliphatic hydroxyl groups is 1. The highest BCUT2D eigenvalue weighted by Crippen LogP contribution is 2.44. The van der Waals surface area contributed by atoms with Crippen LogP contribution in [0, 0.1) is 0 Å². The number of piperidine rings is 1. The fourth-order valence-corrected chi connectivity index (χ4v) is 6.18. The lowest BCUT2D eigenvalue weighted by molar-refractivity contribution is -0.138. The molecule has 1 N–H and O–H groups in total. The van der Waals surface area contributed by atoms with Gasteiger partial charge in [0.05, 0.1) is 48.3 Å². The second-order valence-corrected chi connectivity index (χ2v) is 11.0. The molecule has 0 unspecified atom stereocenters. The summed E-state index contributed by atoms with van der Waals surface area (Å²) in [5.41, 5.74) is 1.12. The van der Waals surface area contributed by atoms with E-state index in [4.69, 9.17) is 0 Å². The third-order valence-corrected chi connectivity index (χ3v) is 8.42. The maximum absolute atomic E-state index is 13.6. The van der Waals surface area contributed by atoms with Gasteiger partial charge < -0.3 is 19.8 Å². The molecule has 38 heavy (non-hydrogen) atoms. The Hall–Kier alpha value is -3.08. The van der Waals surface area contributed by atoms with Crippen LogP contribution in [0.5, 0.6) is 0 Å². The van der Waals surface area contributed by atoms with Gasteiger partial charge in [-0.3, -0.25) is 9.48 Å². The van der Waals surface area contributed by atoms with Crippen molar-refractivity contribution in [1.29, 1.82) is 0 Å². The third-order valence-electron chi connectivity index (χ3n) is 8.42. The Kier molecular flexibility index (Phi) is 6.36. The number of rotatable bonds is 4. The summed E-state index contributed by atoms with van der Waals surface area (Å²) in [4.78, 5) is 31.4. The lowest BCUT2D eigenvalue weighted by Crippen LogP contribution is -2.58. The SMILES string of the molecule is O=C(c1cnn(C2CCN(C(=O)N3CC(O)C3)CC2)c1C1CC1)N1CC[C@@H](c2ccccc2C(F)(F)F)C1. The van der Waals surface area contributed by atoms with E-state index in [1.165, 1.54) is 12.1 Å². The number of benzene rings is 1.